The highest BCUT2D eigenvalue weighted by Gasteiger charge is 2.31. The fourth-order valence-corrected chi connectivity index (χ4v) is 5.69. The maximum Gasteiger partial charge on any atom is 0.261 e. The normalized spacial score (nSPS) is 16.7. The largest absolute Gasteiger partial charge is 0.493 e. The van der Waals surface area contributed by atoms with Crippen LogP contribution in [0.5, 0.6) is 11.5 Å². The lowest BCUT2D eigenvalue weighted by Crippen LogP contribution is -2.30. The Balaban J connectivity index is 1.60. The minimum atomic E-state index is 0.0408. The summed E-state index contributed by atoms with van der Waals surface area (Å²) in [5, 5.41) is 4.31. The van der Waals surface area contributed by atoms with E-state index in [1.54, 1.807) is 25.6 Å². The maximum absolute atomic E-state index is 13.0. The smallest absolute Gasteiger partial charge is 0.261 e. The number of carbonyl (C=O) groups is 1. The Morgan fingerprint density at radius 2 is 1.97 bits per heavy atom. The fraction of sp³-hybridized carbons (Fsp3) is 0.400. The van der Waals surface area contributed by atoms with Gasteiger partial charge in [-0.05, 0) is 49.9 Å². The monoisotopic (exact) mass is 438 g/mol. The summed E-state index contributed by atoms with van der Waals surface area (Å²) >= 11 is 1.61. The number of fused-ring (bicyclic) bond motifs is 1. The van der Waals surface area contributed by atoms with Gasteiger partial charge in [-0.1, -0.05) is 30.3 Å². The SMILES string of the molecule is COc1cccc(CN2CC[C@H](c3c(C(=O)NC(C)C)sc4ccccc34)C2)c1OC. The summed E-state index contributed by atoms with van der Waals surface area (Å²) in [5.41, 5.74) is 2.33. The molecule has 0 bridgehead atoms. The van der Waals surface area contributed by atoms with Gasteiger partial charge in [-0.2, -0.15) is 0 Å². The van der Waals surface area contributed by atoms with Crippen molar-refractivity contribution in [3.05, 3.63) is 58.5 Å². The van der Waals surface area contributed by atoms with Crippen LogP contribution in [-0.2, 0) is 6.54 Å². The van der Waals surface area contributed by atoms with Gasteiger partial charge in [-0.3, -0.25) is 9.69 Å². The minimum absolute atomic E-state index is 0.0408. The van der Waals surface area contributed by atoms with E-state index in [-0.39, 0.29) is 11.9 Å². The molecule has 5 nitrogen and oxygen atoms in total. The van der Waals surface area contributed by atoms with Crippen LogP contribution >= 0.6 is 11.3 Å². The lowest BCUT2D eigenvalue weighted by molar-refractivity contribution is 0.0946. The van der Waals surface area contributed by atoms with Crippen LogP contribution in [0.15, 0.2) is 42.5 Å². The van der Waals surface area contributed by atoms with Crippen molar-refractivity contribution in [2.75, 3.05) is 27.3 Å². The molecule has 31 heavy (non-hydrogen) atoms. The molecule has 4 rings (SSSR count). The summed E-state index contributed by atoms with van der Waals surface area (Å²) in [6.45, 7) is 6.71. The van der Waals surface area contributed by atoms with Crippen LogP contribution in [0.25, 0.3) is 10.1 Å². The zero-order valence-corrected chi connectivity index (χ0v) is 19.4. The molecule has 1 atom stereocenters. The zero-order valence-electron chi connectivity index (χ0n) is 18.6. The summed E-state index contributed by atoms with van der Waals surface area (Å²) in [5.74, 6) is 1.93. The highest BCUT2D eigenvalue weighted by molar-refractivity contribution is 7.21. The summed E-state index contributed by atoms with van der Waals surface area (Å²) < 4.78 is 12.3. The van der Waals surface area contributed by atoms with Crippen LogP contribution < -0.4 is 14.8 Å². The summed E-state index contributed by atoms with van der Waals surface area (Å²) in [6, 6.07) is 14.5. The molecular weight excluding hydrogens is 408 g/mol. The van der Waals surface area contributed by atoms with Gasteiger partial charge in [0.15, 0.2) is 11.5 Å². The van der Waals surface area contributed by atoms with Gasteiger partial charge >= 0.3 is 0 Å². The molecule has 0 spiro atoms. The number of hydrogen-bond acceptors (Lipinski definition) is 5. The number of carbonyl (C=O) groups excluding carboxylic acids is 1. The van der Waals surface area contributed by atoms with Crippen molar-refractivity contribution in [3.8, 4) is 11.5 Å². The van der Waals surface area contributed by atoms with Crippen LogP contribution in [0.1, 0.15) is 47.0 Å². The molecule has 1 aromatic heterocycles. The molecule has 0 saturated carbocycles. The molecule has 1 fully saturated rings. The molecule has 1 saturated heterocycles. The van der Waals surface area contributed by atoms with Gasteiger partial charge < -0.3 is 14.8 Å². The lowest BCUT2D eigenvalue weighted by Gasteiger charge is -2.19. The number of likely N-dealkylation sites (tertiary alicyclic amines) is 1. The molecule has 2 heterocycles. The molecule has 0 radical (unpaired) electrons. The van der Waals surface area contributed by atoms with Gasteiger partial charge in [-0.15, -0.1) is 11.3 Å². The molecule has 1 aliphatic rings. The Labute approximate surface area is 188 Å². The van der Waals surface area contributed by atoms with E-state index in [2.05, 4.69) is 34.5 Å². The molecule has 1 amide bonds. The second-order valence-electron chi connectivity index (χ2n) is 8.34. The highest BCUT2D eigenvalue weighted by Crippen LogP contribution is 2.41. The second kappa shape index (κ2) is 9.28. The van der Waals surface area contributed by atoms with Crippen LogP contribution in [-0.4, -0.2) is 44.2 Å². The molecule has 1 N–H and O–H groups in total. The number of nitrogens with zero attached hydrogens (tertiary/aromatic N) is 1. The standard InChI is InChI=1S/C25H30N2O3S/c1-16(2)26-25(28)24-22(19-9-5-6-11-21(19)31-24)17-12-13-27(14-17)15-18-8-7-10-20(29-3)23(18)30-4/h5-11,16-17H,12-15H2,1-4H3,(H,26,28)/t17-/m0/s1. The lowest BCUT2D eigenvalue weighted by atomic mass is 9.95. The minimum Gasteiger partial charge on any atom is -0.493 e. The number of nitrogens with one attached hydrogen (secondary N) is 1. The molecule has 3 aromatic rings. The number of thiophene rings is 1. The Morgan fingerprint density at radius 1 is 1.16 bits per heavy atom. The molecule has 0 unspecified atom stereocenters. The van der Waals surface area contributed by atoms with Gasteiger partial charge in [0.2, 0.25) is 0 Å². The number of amides is 1. The van der Waals surface area contributed by atoms with Crippen LogP contribution in [0.4, 0.5) is 0 Å². The first-order valence-corrected chi connectivity index (χ1v) is 11.6. The summed E-state index contributed by atoms with van der Waals surface area (Å²) in [4.78, 5) is 16.3. The predicted octanol–water partition coefficient (Wildman–Crippen LogP) is 5.05. The summed E-state index contributed by atoms with van der Waals surface area (Å²) in [6.07, 6.45) is 1.04. The fourth-order valence-electron chi connectivity index (χ4n) is 4.50. The van der Waals surface area contributed by atoms with Crippen molar-refractivity contribution in [3.63, 3.8) is 0 Å². The highest BCUT2D eigenvalue weighted by atomic mass is 32.1. The van der Waals surface area contributed by atoms with Crippen molar-refractivity contribution in [1.82, 2.24) is 10.2 Å². The van der Waals surface area contributed by atoms with E-state index in [4.69, 9.17) is 9.47 Å². The third kappa shape index (κ3) is 4.41. The van der Waals surface area contributed by atoms with E-state index in [0.717, 1.165) is 48.0 Å². The summed E-state index contributed by atoms with van der Waals surface area (Å²) in [7, 11) is 3.35. The zero-order chi connectivity index (χ0) is 22.0. The van der Waals surface area contributed by atoms with Crippen molar-refractivity contribution in [1.29, 1.82) is 0 Å². The van der Waals surface area contributed by atoms with Crippen LogP contribution in [0, 0.1) is 0 Å². The van der Waals surface area contributed by atoms with Gasteiger partial charge in [0, 0.05) is 35.3 Å². The molecule has 1 aliphatic heterocycles. The number of para-hydroxylation sites is 1. The molecule has 6 heteroatoms. The number of rotatable bonds is 7. The number of hydrogen-bond donors (Lipinski definition) is 1. The molecular formula is C25H30N2O3S. The average molecular weight is 439 g/mol. The van der Waals surface area contributed by atoms with E-state index < -0.39 is 0 Å². The van der Waals surface area contributed by atoms with Crippen molar-refractivity contribution < 1.29 is 14.3 Å². The Hall–Kier alpha value is -2.57. The average Bonchev–Trinajstić information content (AvgIpc) is 3.37. The van der Waals surface area contributed by atoms with E-state index in [0.29, 0.717) is 5.92 Å². The number of methoxy groups -OCH3 is 2. The molecule has 2 aromatic carbocycles. The third-order valence-electron chi connectivity index (χ3n) is 5.82. The van der Waals surface area contributed by atoms with E-state index in [1.807, 2.05) is 32.0 Å². The third-order valence-corrected chi connectivity index (χ3v) is 7.00. The first-order valence-electron chi connectivity index (χ1n) is 10.8. The quantitative estimate of drug-likeness (QED) is 0.561. The van der Waals surface area contributed by atoms with Gasteiger partial charge in [0.05, 0.1) is 19.1 Å². The number of ether oxygens (including phenoxy) is 2. The maximum atomic E-state index is 13.0. The van der Waals surface area contributed by atoms with Crippen molar-refractivity contribution >= 4 is 27.3 Å². The topological polar surface area (TPSA) is 50.8 Å². The van der Waals surface area contributed by atoms with Crippen molar-refractivity contribution in [2.24, 2.45) is 0 Å². The molecule has 0 aliphatic carbocycles. The molecule has 164 valence electrons. The van der Waals surface area contributed by atoms with Crippen molar-refractivity contribution in [2.45, 2.75) is 38.8 Å². The van der Waals surface area contributed by atoms with Gasteiger partial charge in [-0.25, -0.2) is 0 Å². The first-order chi connectivity index (χ1) is 15.0. The van der Waals surface area contributed by atoms with Gasteiger partial charge in [0.1, 0.15) is 0 Å². The van der Waals surface area contributed by atoms with Crippen LogP contribution in [0.3, 0.4) is 0 Å². The Bertz CT molecular complexity index is 1080. The Morgan fingerprint density at radius 3 is 2.71 bits per heavy atom. The van der Waals surface area contributed by atoms with E-state index in [9.17, 15) is 4.79 Å². The van der Waals surface area contributed by atoms with E-state index in [1.165, 1.54) is 15.6 Å². The van der Waals surface area contributed by atoms with Gasteiger partial charge in [0.25, 0.3) is 5.91 Å². The first kappa shape index (κ1) is 21.7. The number of benzene rings is 2. The van der Waals surface area contributed by atoms with Crippen LogP contribution in [0.2, 0.25) is 0 Å². The Kier molecular flexibility index (Phi) is 6.49. The predicted molar refractivity (Wildman–Crippen MR) is 127 cm³/mol. The second-order valence-corrected chi connectivity index (χ2v) is 9.39. The van der Waals surface area contributed by atoms with E-state index >= 15 is 0 Å².